The Labute approximate surface area is 279 Å². The molecule has 0 aliphatic heterocycles. The first kappa shape index (κ1) is 43.0. The number of unbranched alkanes of at least 4 members (excludes halogenated alkanes) is 6. The van der Waals surface area contributed by atoms with E-state index >= 15 is 0 Å². The van der Waals surface area contributed by atoms with Crippen molar-refractivity contribution in [3.63, 3.8) is 0 Å². The molecular formula is C35H60O9P2. The van der Waals surface area contributed by atoms with Gasteiger partial charge >= 0.3 is 17.2 Å². The zero-order chi connectivity index (χ0) is 35.3. The number of benzene rings is 2. The van der Waals surface area contributed by atoms with Crippen molar-refractivity contribution in [3.05, 3.63) is 70.3 Å². The fourth-order valence-electron chi connectivity index (χ4n) is 6.12. The van der Waals surface area contributed by atoms with Crippen LogP contribution in [0.25, 0.3) is 0 Å². The van der Waals surface area contributed by atoms with Crippen LogP contribution in [0.1, 0.15) is 134 Å². The van der Waals surface area contributed by atoms with E-state index in [1.807, 2.05) is 30.3 Å². The largest absolute Gasteiger partial charge is 0.395 e. The summed E-state index contributed by atoms with van der Waals surface area (Å²) in [5.41, 5.74) is 0.486. The van der Waals surface area contributed by atoms with Crippen LogP contribution in [-0.2, 0) is 20.7 Å². The number of aliphatic hydroxyl groups excluding tert-OH is 3. The fourth-order valence-corrected chi connectivity index (χ4v) is 6.64. The quantitative estimate of drug-likeness (QED) is 0.0681. The third-order valence-corrected chi connectivity index (χ3v) is 9.83. The van der Waals surface area contributed by atoms with Gasteiger partial charge in [0.25, 0.3) is 0 Å². The van der Waals surface area contributed by atoms with E-state index in [9.17, 15) is 20.4 Å². The van der Waals surface area contributed by atoms with Crippen LogP contribution in [0, 0.1) is 12.3 Å². The molecule has 2 rings (SSSR count). The minimum absolute atomic E-state index is 0.303. The maximum atomic E-state index is 12.6. The molecule has 2 unspecified atom stereocenters. The molecule has 0 heterocycles. The predicted octanol–water partition coefficient (Wildman–Crippen LogP) is 7.05. The molecule has 2 aromatic rings. The molecule has 0 amide bonds. The number of aryl methyl sites for hydroxylation is 1. The van der Waals surface area contributed by atoms with E-state index in [0.29, 0.717) is 17.5 Å². The monoisotopic (exact) mass is 686 g/mol. The average molecular weight is 687 g/mol. The highest BCUT2D eigenvalue weighted by atomic mass is 31.2. The standard InChI is InChI=1S/C35H56O4.H4O5P2/c1-9-10-11-12-13-14-18-21-35(39,27-19-16-15-17-20-27)34(24-36,25-37)31(38)30-28(32(3,4)5)22-26(2)23-29(30)33(6,7)8;1-6(2)5-7(3)4/h15-17,19-20,22-23,31,36-39H,9-14,18,21,24-25H2,1-8H3;1-4H. The van der Waals surface area contributed by atoms with Crippen LogP contribution in [0.3, 0.4) is 0 Å². The van der Waals surface area contributed by atoms with Gasteiger partial charge in [-0.3, -0.25) is 0 Å². The first-order chi connectivity index (χ1) is 21.3. The van der Waals surface area contributed by atoms with Gasteiger partial charge in [0.05, 0.1) is 24.7 Å². The Morgan fingerprint density at radius 2 is 1.15 bits per heavy atom. The van der Waals surface area contributed by atoms with Crippen LogP contribution in [0.4, 0.5) is 0 Å². The van der Waals surface area contributed by atoms with E-state index in [4.69, 9.17) is 19.6 Å². The molecule has 0 bridgehead atoms. The van der Waals surface area contributed by atoms with Crippen molar-refractivity contribution in [3.8, 4) is 0 Å². The molecule has 2 aromatic carbocycles. The molecular weight excluding hydrogens is 626 g/mol. The molecule has 8 N–H and O–H groups in total. The highest BCUT2D eigenvalue weighted by molar-refractivity contribution is 7.53. The molecule has 0 saturated heterocycles. The summed E-state index contributed by atoms with van der Waals surface area (Å²) in [5, 5.41) is 47.2. The lowest BCUT2D eigenvalue weighted by Crippen LogP contribution is -2.55. The van der Waals surface area contributed by atoms with Crippen LogP contribution < -0.4 is 0 Å². The summed E-state index contributed by atoms with van der Waals surface area (Å²) >= 11 is 0. The average Bonchev–Trinajstić information content (AvgIpc) is 2.96. The van der Waals surface area contributed by atoms with Crippen LogP contribution in [0.2, 0.25) is 0 Å². The summed E-state index contributed by atoms with van der Waals surface area (Å²) in [6.07, 6.45) is 6.63. The summed E-state index contributed by atoms with van der Waals surface area (Å²) in [4.78, 5) is 31.3. The molecule has 0 saturated carbocycles. The maximum absolute atomic E-state index is 12.6. The van der Waals surface area contributed by atoms with Crippen molar-refractivity contribution in [1.82, 2.24) is 0 Å². The van der Waals surface area contributed by atoms with Crippen LogP contribution in [0.15, 0.2) is 42.5 Å². The van der Waals surface area contributed by atoms with Gasteiger partial charge in [0.15, 0.2) is 0 Å². The van der Waals surface area contributed by atoms with Crippen molar-refractivity contribution < 1.29 is 44.3 Å². The van der Waals surface area contributed by atoms with E-state index < -0.39 is 47.5 Å². The Hall–Kier alpha value is -1.06. The van der Waals surface area contributed by atoms with Gasteiger partial charge in [0.1, 0.15) is 5.60 Å². The molecule has 264 valence electrons. The number of hydrogen-bond acceptors (Lipinski definition) is 9. The lowest BCUT2D eigenvalue weighted by Gasteiger charge is -2.50. The van der Waals surface area contributed by atoms with Gasteiger partial charge in [-0.25, -0.2) is 4.31 Å². The van der Waals surface area contributed by atoms with Crippen molar-refractivity contribution in [2.24, 2.45) is 5.41 Å². The molecule has 0 spiro atoms. The second-order valence-electron chi connectivity index (χ2n) is 14.3. The number of aliphatic hydroxyl groups is 4. The zero-order valence-electron chi connectivity index (χ0n) is 29.1. The fraction of sp³-hybridized carbons (Fsp3) is 0.657. The SMILES string of the molecule is CCCCCCCCCC(O)(c1ccccc1)C(CO)(CO)C(O)c1c(C(C)(C)C)cc(C)cc1C(C)(C)C.OP(O)OP(O)O. The summed E-state index contributed by atoms with van der Waals surface area (Å²) < 4.78 is 3.60. The summed E-state index contributed by atoms with van der Waals surface area (Å²) in [7, 11) is -5.22. The molecule has 9 nitrogen and oxygen atoms in total. The lowest BCUT2D eigenvalue weighted by molar-refractivity contribution is -0.197. The summed E-state index contributed by atoms with van der Waals surface area (Å²) in [6.45, 7) is 15.8. The van der Waals surface area contributed by atoms with Crippen molar-refractivity contribution in [2.75, 3.05) is 13.2 Å². The van der Waals surface area contributed by atoms with Gasteiger partial charge in [-0.15, -0.1) is 0 Å². The second-order valence-corrected chi connectivity index (χ2v) is 16.0. The van der Waals surface area contributed by atoms with Crippen LogP contribution >= 0.6 is 17.2 Å². The Kier molecular flexibility index (Phi) is 17.9. The molecule has 0 radical (unpaired) electrons. The Morgan fingerprint density at radius 3 is 1.52 bits per heavy atom. The minimum atomic E-state index is -2.61. The number of rotatable bonds is 16. The first-order valence-electron chi connectivity index (χ1n) is 16.2. The van der Waals surface area contributed by atoms with Crippen molar-refractivity contribution in [1.29, 1.82) is 0 Å². The third kappa shape index (κ3) is 11.8. The lowest BCUT2D eigenvalue weighted by atomic mass is 9.60. The molecule has 46 heavy (non-hydrogen) atoms. The highest BCUT2D eigenvalue weighted by Crippen LogP contribution is 2.54. The van der Waals surface area contributed by atoms with Gasteiger partial charge in [-0.2, -0.15) is 0 Å². The van der Waals surface area contributed by atoms with Gasteiger partial charge in [0, 0.05) is 0 Å². The van der Waals surface area contributed by atoms with Gasteiger partial charge in [0.2, 0.25) is 0 Å². The topological polar surface area (TPSA) is 171 Å². The maximum Gasteiger partial charge on any atom is 0.334 e. The molecule has 2 atom stereocenters. The van der Waals surface area contributed by atoms with Gasteiger partial charge in [-0.05, 0) is 46.4 Å². The predicted molar refractivity (Wildman–Crippen MR) is 187 cm³/mol. The summed E-state index contributed by atoms with van der Waals surface area (Å²) in [6, 6.07) is 13.5. The van der Waals surface area contributed by atoms with Crippen LogP contribution in [-0.4, -0.2) is 53.2 Å². The molecule has 11 heteroatoms. The molecule has 0 aliphatic rings. The van der Waals surface area contributed by atoms with E-state index in [-0.39, 0.29) is 10.8 Å². The highest BCUT2D eigenvalue weighted by Gasteiger charge is 2.56. The normalized spacial score (nSPS) is 14.7. The van der Waals surface area contributed by atoms with E-state index in [1.54, 1.807) is 0 Å². The van der Waals surface area contributed by atoms with Crippen molar-refractivity contribution in [2.45, 2.75) is 129 Å². The van der Waals surface area contributed by atoms with Crippen molar-refractivity contribution >= 4 is 17.2 Å². The van der Waals surface area contributed by atoms with E-state index in [2.05, 4.69) is 71.8 Å². The van der Waals surface area contributed by atoms with E-state index in [1.165, 1.54) is 25.7 Å². The smallest absolute Gasteiger partial charge is 0.334 e. The number of hydrogen-bond donors (Lipinski definition) is 8. The molecule has 0 aliphatic carbocycles. The van der Waals surface area contributed by atoms with Gasteiger partial charge in [-0.1, -0.05) is 141 Å². The Balaban J connectivity index is 0.00000135. The first-order valence-corrected chi connectivity index (χ1v) is 18.5. The molecule has 0 aromatic heterocycles. The zero-order valence-corrected chi connectivity index (χ0v) is 30.9. The van der Waals surface area contributed by atoms with Gasteiger partial charge < -0.3 is 40.0 Å². The minimum Gasteiger partial charge on any atom is -0.395 e. The second kappa shape index (κ2) is 19.2. The Morgan fingerprint density at radius 1 is 0.717 bits per heavy atom. The van der Waals surface area contributed by atoms with E-state index in [0.717, 1.165) is 36.0 Å². The molecule has 0 fully saturated rings. The summed E-state index contributed by atoms with van der Waals surface area (Å²) in [5.74, 6) is 0. The third-order valence-electron chi connectivity index (χ3n) is 8.66. The Bertz CT molecular complexity index is 1100. The van der Waals surface area contributed by atoms with Crippen LogP contribution in [0.5, 0.6) is 0 Å².